The van der Waals surface area contributed by atoms with E-state index in [2.05, 4.69) is 10.6 Å². The Morgan fingerprint density at radius 3 is 2.64 bits per heavy atom. The largest absolute Gasteiger partial charge is 0.489 e. The second-order valence-electron chi connectivity index (χ2n) is 5.43. The topological polar surface area (TPSA) is 50.4 Å². The van der Waals surface area contributed by atoms with Gasteiger partial charge in [-0.05, 0) is 50.6 Å². The third kappa shape index (κ3) is 4.81. The van der Waals surface area contributed by atoms with Crippen molar-refractivity contribution in [2.45, 2.75) is 26.9 Å². The highest BCUT2D eigenvalue weighted by Gasteiger charge is 2.07. The Kier molecular flexibility index (Phi) is 5.42. The second-order valence-corrected chi connectivity index (χ2v) is 5.43. The molecule has 0 fully saturated rings. The first-order chi connectivity index (χ1) is 10.5. The number of benzene rings is 2. The maximum absolute atomic E-state index is 12.0. The van der Waals surface area contributed by atoms with Gasteiger partial charge >= 0.3 is 0 Å². The van der Waals surface area contributed by atoms with Crippen molar-refractivity contribution in [3.8, 4) is 5.75 Å². The first kappa shape index (κ1) is 15.9. The predicted molar refractivity (Wildman–Crippen MR) is 90.5 cm³/mol. The minimum absolute atomic E-state index is 0.0871. The molecule has 0 aliphatic heterocycles. The highest BCUT2D eigenvalue weighted by molar-refractivity contribution is 5.94. The van der Waals surface area contributed by atoms with Crippen LogP contribution in [0.25, 0.3) is 0 Å². The molecule has 2 aromatic carbocycles. The van der Waals surface area contributed by atoms with Crippen molar-refractivity contribution in [3.05, 3.63) is 54.1 Å². The van der Waals surface area contributed by atoms with Gasteiger partial charge in [0.2, 0.25) is 5.91 Å². The number of amides is 1. The lowest BCUT2D eigenvalue weighted by atomic mass is 10.2. The van der Waals surface area contributed by atoms with E-state index in [1.807, 2.05) is 69.3 Å². The normalized spacial score (nSPS) is 10.4. The molecule has 0 saturated carbocycles. The van der Waals surface area contributed by atoms with Crippen LogP contribution < -0.4 is 15.4 Å². The van der Waals surface area contributed by atoms with E-state index in [1.165, 1.54) is 0 Å². The molecule has 0 aliphatic carbocycles. The molecule has 116 valence electrons. The highest BCUT2D eigenvalue weighted by Crippen LogP contribution is 2.24. The van der Waals surface area contributed by atoms with E-state index in [-0.39, 0.29) is 18.6 Å². The molecule has 4 heteroatoms. The Balaban J connectivity index is 1.94. The zero-order valence-corrected chi connectivity index (χ0v) is 13.2. The van der Waals surface area contributed by atoms with Crippen LogP contribution in [0.3, 0.4) is 0 Å². The second kappa shape index (κ2) is 7.50. The zero-order chi connectivity index (χ0) is 15.9. The summed E-state index contributed by atoms with van der Waals surface area (Å²) in [7, 11) is 0. The summed E-state index contributed by atoms with van der Waals surface area (Å²) in [6.07, 6.45) is 0.0871. The lowest BCUT2D eigenvalue weighted by molar-refractivity contribution is -0.114. The number of carbonyl (C=O) groups excluding carboxylic acids is 1. The van der Waals surface area contributed by atoms with Crippen molar-refractivity contribution in [1.29, 1.82) is 0 Å². The van der Waals surface area contributed by atoms with Crippen molar-refractivity contribution in [2.24, 2.45) is 0 Å². The first-order valence-corrected chi connectivity index (χ1v) is 7.40. The first-order valence-electron chi connectivity index (χ1n) is 7.40. The van der Waals surface area contributed by atoms with Gasteiger partial charge in [-0.2, -0.15) is 0 Å². The minimum Gasteiger partial charge on any atom is -0.489 e. The number of aryl methyl sites for hydroxylation is 1. The number of para-hydroxylation sites is 2. The molecule has 2 N–H and O–H groups in total. The molecule has 0 saturated heterocycles. The van der Waals surface area contributed by atoms with Crippen LogP contribution in [-0.4, -0.2) is 18.6 Å². The SMILES string of the molecule is Cc1cccc(NC(=O)CNc2ccccc2OC(C)C)c1. The standard InChI is InChI=1S/C18H22N2O2/c1-13(2)22-17-10-5-4-9-16(17)19-12-18(21)20-15-8-6-7-14(3)11-15/h4-11,13,19H,12H2,1-3H3,(H,20,21). The fourth-order valence-corrected chi connectivity index (χ4v) is 2.07. The highest BCUT2D eigenvalue weighted by atomic mass is 16.5. The van der Waals surface area contributed by atoms with E-state index in [0.717, 1.165) is 22.7 Å². The maximum atomic E-state index is 12.0. The van der Waals surface area contributed by atoms with Gasteiger partial charge in [-0.3, -0.25) is 4.79 Å². The minimum atomic E-state index is -0.0926. The van der Waals surface area contributed by atoms with Crippen molar-refractivity contribution in [1.82, 2.24) is 0 Å². The van der Waals surface area contributed by atoms with Crippen LogP contribution >= 0.6 is 0 Å². The Labute approximate surface area is 131 Å². The molecular formula is C18H22N2O2. The Morgan fingerprint density at radius 1 is 1.14 bits per heavy atom. The zero-order valence-electron chi connectivity index (χ0n) is 13.2. The molecule has 0 aromatic heterocycles. The number of nitrogens with one attached hydrogen (secondary N) is 2. The fourth-order valence-electron chi connectivity index (χ4n) is 2.07. The van der Waals surface area contributed by atoms with Crippen LogP contribution in [0, 0.1) is 6.92 Å². The average molecular weight is 298 g/mol. The third-order valence-electron chi connectivity index (χ3n) is 2.99. The summed E-state index contributed by atoms with van der Waals surface area (Å²) in [6, 6.07) is 15.3. The number of carbonyl (C=O) groups is 1. The number of anilines is 2. The monoisotopic (exact) mass is 298 g/mol. The molecule has 0 radical (unpaired) electrons. The summed E-state index contributed by atoms with van der Waals surface area (Å²) in [6.45, 7) is 6.13. The summed E-state index contributed by atoms with van der Waals surface area (Å²) in [5.41, 5.74) is 2.73. The van der Waals surface area contributed by atoms with Crippen molar-refractivity contribution < 1.29 is 9.53 Å². The molecular weight excluding hydrogens is 276 g/mol. The van der Waals surface area contributed by atoms with E-state index in [4.69, 9.17) is 4.74 Å². The van der Waals surface area contributed by atoms with Gasteiger partial charge < -0.3 is 15.4 Å². The van der Waals surface area contributed by atoms with Crippen molar-refractivity contribution in [3.63, 3.8) is 0 Å². The molecule has 22 heavy (non-hydrogen) atoms. The van der Waals surface area contributed by atoms with Gasteiger partial charge in [0, 0.05) is 5.69 Å². The van der Waals surface area contributed by atoms with Gasteiger partial charge in [0.05, 0.1) is 18.3 Å². The molecule has 0 atom stereocenters. The van der Waals surface area contributed by atoms with Crippen LogP contribution in [0.5, 0.6) is 5.75 Å². The van der Waals surface area contributed by atoms with Crippen molar-refractivity contribution in [2.75, 3.05) is 17.2 Å². The summed E-state index contributed by atoms with van der Waals surface area (Å²) in [5, 5.41) is 5.99. The van der Waals surface area contributed by atoms with Crippen LogP contribution in [0.2, 0.25) is 0 Å². The van der Waals surface area contributed by atoms with Gasteiger partial charge in [-0.15, -0.1) is 0 Å². The molecule has 0 heterocycles. The van der Waals surface area contributed by atoms with Gasteiger partial charge in [0.25, 0.3) is 0 Å². The van der Waals surface area contributed by atoms with Gasteiger partial charge in [0.1, 0.15) is 5.75 Å². The molecule has 2 aromatic rings. The molecule has 1 amide bonds. The summed E-state index contributed by atoms with van der Waals surface area (Å²) < 4.78 is 5.72. The molecule has 0 bridgehead atoms. The lowest BCUT2D eigenvalue weighted by Gasteiger charge is -2.15. The number of hydrogen-bond acceptors (Lipinski definition) is 3. The Bertz CT molecular complexity index is 638. The van der Waals surface area contributed by atoms with E-state index in [9.17, 15) is 4.79 Å². The maximum Gasteiger partial charge on any atom is 0.243 e. The Hall–Kier alpha value is -2.49. The third-order valence-corrected chi connectivity index (χ3v) is 2.99. The molecule has 4 nitrogen and oxygen atoms in total. The van der Waals surface area contributed by atoms with Gasteiger partial charge in [-0.25, -0.2) is 0 Å². The number of hydrogen-bond donors (Lipinski definition) is 2. The van der Waals surface area contributed by atoms with Gasteiger partial charge in [0.15, 0.2) is 0 Å². The molecule has 0 spiro atoms. The summed E-state index contributed by atoms with van der Waals surface area (Å²) >= 11 is 0. The smallest absolute Gasteiger partial charge is 0.243 e. The average Bonchev–Trinajstić information content (AvgIpc) is 2.46. The van der Waals surface area contributed by atoms with Crippen LogP contribution in [0.4, 0.5) is 11.4 Å². The quantitative estimate of drug-likeness (QED) is 0.852. The lowest BCUT2D eigenvalue weighted by Crippen LogP contribution is -2.22. The number of rotatable bonds is 6. The van der Waals surface area contributed by atoms with E-state index in [1.54, 1.807) is 0 Å². The van der Waals surface area contributed by atoms with Gasteiger partial charge in [-0.1, -0.05) is 24.3 Å². The van der Waals surface area contributed by atoms with E-state index >= 15 is 0 Å². The van der Waals surface area contributed by atoms with E-state index in [0.29, 0.717) is 0 Å². The number of ether oxygens (including phenoxy) is 1. The summed E-state index contributed by atoms with van der Waals surface area (Å²) in [5.74, 6) is 0.658. The predicted octanol–water partition coefficient (Wildman–Crippen LogP) is 3.83. The van der Waals surface area contributed by atoms with Crippen LogP contribution in [0.1, 0.15) is 19.4 Å². The van der Waals surface area contributed by atoms with Crippen LogP contribution in [-0.2, 0) is 4.79 Å². The van der Waals surface area contributed by atoms with E-state index < -0.39 is 0 Å². The summed E-state index contributed by atoms with van der Waals surface area (Å²) in [4.78, 5) is 12.0. The van der Waals surface area contributed by atoms with Crippen LogP contribution in [0.15, 0.2) is 48.5 Å². The molecule has 0 unspecified atom stereocenters. The molecule has 0 aliphatic rings. The fraction of sp³-hybridized carbons (Fsp3) is 0.278. The Morgan fingerprint density at radius 2 is 1.91 bits per heavy atom. The molecule has 2 rings (SSSR count). The van der Waals surface area contributed by atoms with Crippen molar-refractivity contribution >= 4 is 17.3 Å².